The smallest absolute Gasteiger partial charge is 0.00611 e. The van der Waals surface area contributed by atoms with E-state index in [1.54, 1.807) is 0 Å². The van der Waals surface area contributed by atoms with Crippen molar-refractivity contribution in [2.24, 2.45) is 0 Å². The summed E-state index contributed by atoms with van der Waals surface area (Å²) in [5.74, 6) is 0.403. The molecule has 0 aliphatic carbocycles. The van der Waals surface area contributed by atoms with Crippen molar-refractivity contribution in [3.63, 3.8) is 0 Å². The summed E-state index contributed by atoms with van der Waals surface area (Å²) in [5, 5.41) is 0. The zero-order valence-electron chi connectivity index (χ0n) is 17.5. The Bertz CT molecular complexity index is 1090. The second-order valence-electron chi connectivity index (χ2n) is 8.12. The van der Waals surface area contributed by atoms with E-state index in [2.05, 4.69) is 118 Å². The molecule has 0 radical (unpaired) electrons. The van der Waals surface area contributed by atoms with Crippen LogP contribution < -0.4 is 0 Å². The molecule has 0 spiro atoms. The van der Waals surface area contributed by atoms with E-state index in [1.165, 1.54) is 44.5 Å². The Balaban J connectivity index is 1.49. The van der Waals surface area contributed by atoms with Crippen LogP contribution in [0.3, 0.4) is 0 Å². The fourth-order valence-electron chi connectivity index (χ4n) is 3.97. The maximum absolute atomic E-state index is 2.28. The maximum Gasteiger partial charge on any atom is 0.00611 e. The van der Waals surface area contributed by atoms with Gasteiger partial charge >= 0.3 is 0 Å². The van der Waals surface area contributed by atoms with Crippen molar-refractivity contribution in [1.29, 1.82) is 0 Å². The predicted octanol–water partition coefficient (Wildman–Crippen LogP) is 7.71. The number of hydrogen-bond acceptors (Lipinski definition) is 0. The molecule has 0 fully saturated rings. The summed E-state index contributed by atoms with van der Waals surface area (Å²) in [6.07, 6.45) is 0.981. The van der Waals surface area contributed by atoms with Crippen LogP contribution in [-0.4, -0.2) is 0 Å². The average molecular weight is 377 g/mol. The minimum Gasteiger partial charge on any atom is -0.0617 e. The maximum atomic E-state index is 2.28. The largest absolute Gasteiger partial charge is 0.0617 e. The second kappa shape index (κ2) is 8.49. The molecule has 0 saturated heterocycles. The lowest BCUT2D eigenvalue weighted by Gasteiger charge is -2.14. The van der Waals surface area contributed by atoms with Gasteiger partial charge in [0.1, 0.15) is 0 Å². The van der Waals surface area contributed by atoms with Gasteiger partial charge in [-0.05, 0) is 53.6 Å². The van der Waals surface area contributed by atoms with Crippen LogP contribution in [0, 0.1) is 13.8 Å². The Morgan fingerprint density at radius 3 is 1.76 bits per heavy atom. The van der Waals surface area contributed by atoms with E-state index in [1.807, 2.05) is 0 Å². The first-order valence-electron chi connectivity index (χ1n) is 10.4. The van der Waals surface area contributed by atoms with Crippen molar-refractivity contribution in [3.8, 4) is 11.1 Å². The molecule has 0 saturated carbocycles. The molecule has 4 aromatic carbocycles. The molecule has 0 amide bonds. The summed E-state index contributed by atoms with van der Waals surface area (Å²) in [5.41, 5.74) is 10.6. The van der Waals surface area contributed by atoms with Gasteiger partial charge in [0.25, 0.3) is 0 Å². The van der Waals surface area contributed by atoms with Crippen LogP contribution in [0.1, 0.15) is 46.2 Å². The zero-order valence-corrected chi connectivity index (χ0v) is 17.5. The summed E-state index contributed by atoms with van der Waals surface area (Å²) in [6, 6.07) is 35.6. The molecule has 0 bridgehead atoms. The molecule has 1 atom stereocenters. The van der Waals surface area contributed by atoms with Gasteiger partial charge < -0.3 is 0 Å². The molecule has 0 aliphatic rings. The van der Waals surface area contributed by atoms with Gasteiger partial charge in [-0.25, -0.2) is 0 Å². The Labute approximate surface area is 174 Å². The van der Waals surface area contributed by atoms with E-state index in [4.69, 9.17) is 0 Å². The van der Waals surface area contributed by atoms with Gasteiger partial charge in [0.2, 0.25) is 0 Å². The highest BCUT2D eigenvalue weighted by molar-refractivity contribution is 5.64. The fourth-order valence-corrected chi connectivity index (χ4v) is 3.97. The van der Waals surface area contributed by atoms with Crippen LogP contribution >= 0.6 is 0 Å². The van der Waals surface area contributed by atoms with Crippen LogP contribution in [0.25, 0.3) is 11.1 Å². The minimum absolute atomic E-state index is 0.403. The fraction of sp³-hybridized carbons (Fsp3) is 0.172. The first-order chi connectivity index (χ1) is 14.1. The standard InChI is InChI=1S/C29H28/c1-21-6-4-8-25(18-21)20-24-10-12-27(13-11-24)28-16-14-26(15-17-28)23(3)29-9-5-7-22(2)19-29/h4-19,23H,20H2,1-3H3. The second-order valence-corrected chi connectivity index (χ2v) is 8.12. The summed E-state index contributed by atoms with van der Waals surface area (Å²) in [7, 11) is 0. The van der Waals surface area contributed by atoms with Crippen molar-refractivity contribution >= 4 is 0 Å². The summed E-state index contributed by atoms with van der Waals surface area (Å²) in [6.45, 7) is 6.59. The van der Waals surface area contributed by atoms with Crippen molar-refractivity contribution in [3.05, 3.63) is 130 Å². The lowest BCUT2D eigenvalue weighted by molar-refractivity contribution is 0.920. The molecule has 29 heavy (non-hydrogen) atoms. The lowest BCUT2D eigenvalue weighted by Crippen LogP contribution is -1.96. The lowest BCUT2D eigenvalue weighted by atomic mass is 9.91. The van der Waals surface area contributed by atoms with Crippen molar-refractivity contribution in [1.82, 2.24) is 0 Å². The Hall–Kier alpha value is -3.12. The first-order valence-corrected chi connectivity index (χ1v) is 10.4. The quantitative estimate of drug-likeness (QED) is 0.334. The summed E-state index contributed by atoms with van der Waals surface area (Å²) < 4.78 is 0. The molecule has 0 N–H and O–H groups in total. The van der Waals surface area contributed by atoms with Crippen LogP contribution in [-0.2, 0) is 6.42 Å². The van der Waals surface area contributed by atoms with Gasteiger partial charge in [0.15, 0.2) is 0 Å². The number of hydrogen-bond donors (Lipinski definition) is 0. The van der Waals surface area contributed by atoms with Gasteiger partial charge in [-0.2, -0.15) is 0 Å². The van der Waals surface area contributed by atoms with E-state index in [0.29, 0.717) is 5.92 Å². The Morgan fingerprint density at radius 2 is 1.14 bits per heavy atom. The summed E-state index contributed by atoms with van der Waals surface area (Å²) in [4.78, 5) is 0. The Kier molecular flexibility index (Phi) is 5.62. The minimum atomic E-state index is 0.403. The van der Waals surface area contributed by atoms with Crippen LogP contribution in [0.4, 0.5) is 0 Å². The van der Waals surface area contributed by atoms with Crippen molar-refractivity contribution in [2.75, 3.05) is 0 Å². The van der Waals surface area contributed by atoms with Gasteiger partial charge in [-0.1, -0.05) is 115 Å². The molecule has 0 heterocycles. The topological polar surface area (TPSA) is 0 Å². The molecule has 144 valence electrons. The monoisotopic (exact) mass is 376 g/mol. The van der Waals surface area contributed by atoms with E-state index in [9.17, 15) is 0 Å². The summed E-state index contributed by atoms with van der Waals surface area (Å²) >= 11 is 0. The van der Waals surface area contributed by atoms with Crippen LogP contribution in [0.2, 0.25) is 0 Å². The highest BCUT2D eigenvalue weighted by atomic mass is 14.1. The molecule has 4 aromatic rings. The normalized spacial score (nSPS) is 12.0. The third kappa shape index (κ3) is 4.66. The van der Waals surface area contributed by atoms with E-state index < -0.39 is 0 Å². The third-order valence-electron chi connectivity index (χ3n) is 5.73. The van der Waals surface area contributed by atoms with Crippen molar-refractivity contribution < 1.29 is 0 Å². The number of rotatable bonds is 5. The number of benzene rings is 4. The first kappa shape index (κ1) is 19.2. The molecule has 0 heteroatoms. The third-order valence-corrected chi connectivity index (χ3v) is 5.73. The SMILES string of the molecule is Cc1cccc(Cc2ccc(-c3ccc(C(C)c4cccc(C)c4)cc3)cc2)c1. The molecule has 0 nitrogen and oxygen atoms in total. The van der Waals surface area contributed by atoms with E-state index in [0.717, 1.165) is 6.42 Å². The molecule has 1 unspecified atom stereocenters. The molecule has 0 aliphatic heterocycles. The zero-order chi connectivity index (χ0) is 20.2. The van der Waals surface area contributed by atoms with Crippen LogP contribution in [0.5, 0.6) is 0 Å². The van der Waals surface area contributed by atoms with Gasteiger partial charge in [-0.3, -0.25) is 0 Å². The Morgan fingerprint density at radius 1 is 0.552 bits per heavy atom. The highest BCUT2D eigenvalue weighted by Crippen LogP contribution is 2.28. The number of aryl methyl sites for hydroxylation is 2. The molecule has 4 rings (SSSR count). The van der Waals surface area contributed by atoms with E-state index in [-0.39, 0.29) is 0 Å². The van der Waals surface area contributed by atoms with Gasteiger partial charge in [0.05, 0.1) is 0 Å². The predicted molar refractivity (Wildman–Crippen MR) is 125 cm³/mol. The van der Waals surface area contributed by atoms with Crippen LogP contribution in [0.15, 0.2) is 97.1 Å². The molecular formula is C29H28. The van der Waals surface area contributed by atoms with Crippen molar-refractivity contribution in [2.45, 2.75) is 33.1 Å². The average Bonchev–Trinajstić information content (AvgIpc) is 2.74. The van der Waals surface area contributed by atoms with Gasteiger partial charge in [-0.15, -0.1) is 0 Å². The molecule has 0 aromatic heterocycles. The molecular weight excluding hydrogens is 348 g/mol. The highest BCUT2D eigenvalue weighted by Gasteiger charge is 2.09. The van der Waals surface area contributed by atoms with E-state index >= 15 is 0 Å². The van der Waals surface area contributed by atoms with Gasteiger partial charge in [0, 0.05) is 5.92 Å².